The minimum Gasteiger partial charge on any atom is -0.462 e. The van der Waals surface area contributed by atoms with Crippen LogP contribution in [0.3, 0.4) is 0 Å². The van der Waals surface area contributed by atoms with Gasteiger partial charge in [-0.15, -0.1) is 0 Å². The van der Waals surface area contributed by atoms with Gasteiger partial charge in [-0.2, -0.15) is 0 Å². The van der Waals surface area contributed by atoms with Crippen LogP contribution < -0.4 is 0 Å². The summed E-state index contributed by atoms with van der Waals surface area (Å²) in [5.74, 6) is -0.656. The molecule has 0 bridgehead atoms. The number of aliphatic hydroxyl groups excluding tert-OH is 1. The van der Waals surface area contributed by atoms with Crippen LogP contribution in [0, 0.1) is 11.8 Å². The third-order valence-electron chi connectivity index (χ3n) is 18.5. The minimum absolute atomic E-state index is 0.106. The average Bonchev–Trinajstić information content (AvgIpc) is 1.11. The van der Waals surface area contributed by atoms with E-state index in [1.165, 1.54) is 225 Å². The standard InChI is InChI=1S/C79H154O17P2/c1-7-9-11-13-15-17-19-21-23-25-27-29-34-38-42-49-55-61-76(81)89-67-74(95-78(83)63-57-51-43-39-35-30-28-26-24-22-20-18-16-14-12-10-8-2)69-93-97(85,86)91-65-73(80)66-92-98(87,88)94-70-75(68-90-77(82)62-56-50-46-45-48-54-60-72(5)6)96-79(84)64-58-52-44-40-36-32-31-33-37-41-47-53-59-71(3)4/h71-75,80H,7-70H2,1-6H3,(H,85,86)(H,87,88)/t73-,74-,75-/m1/s1. The quantitative estimate of drug-likeness (QED) is 0.0222. The van der Waals surface area contributed by atoms with Crippen LogP contribution in [0.1, 0.15) is 414 Å². The summed E-state index contributed by atoms with van der Waals surface area (Å²) in [5.41, 5.74) is 0. The lowest BCUT2D eigenvalue weighted by atomic mass is 10.0. The third kappa shape index (κ3) is 72.4. The number of ether oxygens (including phenoxy) is 4. The number of esters is 4. The van der Waals surface area contributed by atoms with Gasteiger partial charge in [-0.3, -0.25) is 37.3 Å². The molecule has 0 fully saturated rings. The van der Waals surface area contributed by atoms with Crippen LogP contribution in [0.4, 0.5) is 0 Å². The van der Waals surface area contributed by atoms with E-state index in [-0.39, 0.29) is 25.7 Å². The van der Waals surface area contributed by atoms with Crippen molar-refractivity contribution in [3.05, 3.63) is 0 Å². The smallest absolute Gasteiger partial charge is 0.462 e. The van der Waals surface area contributed by atoms with Gasteiger partial charge in [-0.1, -0.05) is 363 Å². The maximum Gasteiger partial charge on any atom is 0.472 e. The van der Waals surface area contributed by atoms with Crippen molar-refractivity contribution < 1.29 is 80.2 Å². The average molecular weight is 1440 g/mol. The summed E-state index contributed by atoms with van der Waals surface area (Å²) in [4.78, 5) is 72.9. The van der Waals surface area contributed by atoms with Crippen molar-refractivity contribution in [2.75, 3.05) is 39.6 Å². The highest BCUT2D eigenvalue weighted by molar-refractivity contribution is 7.47. The summed E-state index contributed by atoms with van der Waals surface area (Å²) in [6, 6.07) is 0. The van der Waals surface area contributed by atoms with Crippen molar-refractivity contribution in [3.8, 4) is 0 Å². The molecule has 0 amide bonds. The zero-order valence-electron chi connectivity index (χ0n) is 64.1. The number of unbranched alkanes of at least 4 members (excludes halogenated alkanes) is 48. The van der Waals surface area contributed by atoms with E-state index in [1.54, 1.807) is 0 Å². The Morgan fingerprint density at radius 1 is 0.276 bits per heavy atom. The molecule has 3 N–H and O–H groups in total. The summed E-state index contributed by atoms with van der Waals surface area (Å²) in [6.45, 7) is 9.55. The first-order valence-electron chi connectivity index (χ1n) is 41.0. The molecule has 0 aliphatic rings. The Kier molecular flexibility index (Phi) is 69.3. The second kappa shape index (κ2) is 70.7. The molecule has 0 aromatic rings. The van der Waals surface area contributed by atoms with Gasteiger partial charge in [0.2, 0.25) is 0 Å². The zero-order chi connectivity index (χ0) is 72.1. The maximum atomic E-state index is 13.1. The fraction of sp³-hybridized carbons (Fsp3) is 0.949. The molecular weight excluding hydrogens is 1280 g/mol. The topological polar surface area (TPSA) is 237 Å². The second-order valence-corrected chi connectivity index (χ2v) is 32.3. The van der Waals surface area contributed by atoms with Crippen LogP contribution in [0.25, 0.3) is 0 Å². The van der Waals surface area contributed by atoms with E-state index in [4.69, 9.17) is 37.0 Å². The minimum atomic E-state index is -4.96. The zero-order valence-corrected chi connectivity index (χ0v) is 65.9. The molecule has 0 aromatic carbocycles. The fourth-order valence-electron chi connectivity index (χ4n) is 12.2. The number of hydrogen-bond acceptors (Lipinski definition) is 15. The largest absolute Gasteiger partial charge is 0.472 e. The molecule has 0 aliphatic heterocycles. The number of aliphatic hydroxyl groups is 1. The van der Waals surface area contributed by atoms with Gasteiger partial charge in [-0.05, 0) is 37.5 Å². The van der Waals surface area contributed by atoms with Gasteiger partial charge < -0.3 is 33.8 Å². The third-order valence-corrected chi connectivity index (χ3v) is 20.4. The molecule has 0 heterocycles. The normalized spacial score (nSPS) is 13.9. The lowest BCUT2D eigenvalue weighted by molar-refractivity contribution is -0.161. The monoisotopic (exact) mass is 1440 g/mol. The first-order valence-corrected chi connectivity index (χ1v) is 44.0. The van der Waals surface area contributed by atoms with Gasteiger partial charge in [0.1, 0.15) is 19.3 Å². The van der Waals surface area contributed by atoms with Crippen LogP contribution >= 0.6 is 15.6 Å². The highest BCUT2D eigenvalue weighted by Crippen LogP contribution is 2.45. The lowest BCUT2D eigenvalue weighted by Crippen LogP contribution is -2.30. The molecule has 98 heavy (non-hydrogen) atoms. The van der Waals surface area contributed by atoms with Crippen LogP contribution in [-0.4, -0.2) is 96.7 Å². The summed E-state index contributed by atoms with van der Waals surface area (Å²) < 4.78 is 68.6. The lowest BCUT2D eigenvalue weighted by Gasteiger charge is -2.21. The number of phosphoric acid groups is 2. The van der Waals surface area contributed by atoms with Gasteiger partial charge in [-0.25, -0.2) is 9.13 Å². The van der Waals surface area contributed by atoms with Gasteiger partial charge in [0.25, 0.3) is 0 Å². The molecule has 0 spiro atoms. The maximum absolute atomic E-state index is 13.1. The van der Waals surface area contributed by atoms with E-state index in [9.17, 15) is 43.2 Å². The van der Waals surface area contributed by atoms with E-state index in [1.807, 2.05) is 0 Å². The highest BCUT2D eigenvalue weighted by atomic mass is 31.2. The Hall–Kier alpha value is -1.94. The Balaban J connectivity index is 5.23. The molecule has 0 radical (unpaired) electrons. The summed E-state index contributed by atoms with van der Waals surface area (Å²) in [7, 11) is -9.92. The Labute approximate surface area is 600 Å². The molecule has 2 unspecified atom stereocenters. The van der Waals surface area contributed by atoms with Gasteiger partial charge in [0.05, 0.1) is 26.4 Å². The fourth-order valence-corrected chi connectivity index (χ4v) is 13.8. The molecule has 17 nitrogen and oxygen atoms in total. The number of carbonyl (C=O) groups is 4. The van der Waals surface area contributed by atoms with Gasteiger partial charge in [0.15, 0.2) is 12.2 Å². The van der Waals surface area contributed by atoms with Crippen molar-refractivity contribution in [2.45, 2.75) is 432 Å². The van der Waals surface area contributed by atoms with Crippen LogP contribution in [0.15, 0.2) is 0 Å². The summed E-state index contributed by atoms with van der Waals surface area (Å²) in [6.07, 6.45) is 59.8. The van der Waals surface area contributed by atoms with E-state index >= 15 is 0 Å². The first kappa shape index (κ1) is 96.1. The van der Waals surface area contributed by atoms with Gasteiger partial charge >= 0.3 is 39.5 Å². The molecule has 0 saturated heterocycles. The summed E-state index contributed by atoms with van der Waals surface area (Å²) in [5, 5.41) is 10.6. The molecule has 0 rings (SSSR count). The Morgan fingerprint density at radius 2 is 0.469 bits per heavy atom. The number of hydrogen-bond donors (Lipinski definition) is 3. The van der Waals surface area contributed by atoms with Crippen molar-refractivity contribution in [2.24, 2.45) is 11.8 Å². The molecule has 5 atom stereocenters. The predicted octanol–water partition coefficient (Wildman–Crippen LogP) is 23.5. The van der Waals surface area contributed by atoms with Crippen molar-refractivity contribution in [1.82, 2.24) is 0 Å². The van der Waals surface area contributed by atoms with Crippen molar-refractivity contribution in [1.29, 1.82) is 0 Å². The highest BCUT2D eigenvalue weighted by Gasteiger charge is 2.30. The number of rotatable bonds is 78. The molecular formula is C79H154O17P2. The van der Waals surface area contributed by atoms with Crippen LogP contribution in [0.2, 0.25) is 0 Å². The molecule has 0 aliphatic carbocycles. The van der Waals surface area contributed by atoms with Gasteiger partial charge in [0, 0.05) is 25.7 Å². The van der Waals surface area contributed by atoms with E-state index in [2.05, 4.69) is 41.5 Å². The van der Waals surface area contributed by atoms with Crippen LogP contribution in [0.5, 0.6) is 0 Å². The predicted molar refractivity (Wildman–Crippen MR) is 400 cm³/mol. The first-order chi connectivity index (χ1) is 47.4. The Bertz CT molecular complexity index is 1890. The van der Waals surface area contributed by atoms with E-state index in [0.29, 0.717) is 31.6 Å². The SMILES string of the molecule is CCCCCCCCCCCCCCCCCCCC(=O)OC[C@H](COP(=O)(O)OC[C@@H](O)COP(=O)(O)OC[C@@H](COC(=O)CCCCCCCCC(C)C)OC(=O)CCCCCCCCCCCCCCC(C)C)OC(=O)CCCCCCCCCCCCCCCCCCC. The molecule has 19 heteroatoms. The number of carbonyl (C=O) groups excluding carboxylic acids is 4. The van der Waals surface area contributed by atoms with Crippen molar-refractivity contribution in [3.63, 3.8) is 0 Å². The van der Waals surface area contributed by atoms with Crippen molar-refractivity contribution >= 4 is 39.5 Å². The second-order valence-electron chi connectivity index (χ2n) is 29.4. The summed E-state index contributed by atoms with van der Waals surface area (Å²) >= 11 is 0. The van der Waals surface area contributed by atoms with E-state index in [0.717, 1.165) is 102 Å². The molecule has 0 aromatic heterocycles. The Morgan fingerprint density at radius 3 is 0.694 bits per heavy atom. The molecule has 582 valence electrons. The number of phosphoric ester groups is 2. The van der Waals surface area contributed by atoms with Crippen LogP contribution in [-0.2, 0) is 65.4 Å². The molecule has 0 saturated carbocycles. The van der Waals surface area contributed by atoms with E-state index < -0.39 is 97.5 Å².